The number of amides is 1. The van der Waals surface area contributed by atoms with E-state index in [1.807, 2.05) is 38.1 Å². The Labute approximate surface area is 152 Å². The van der Waals surface area contributed by atoms with Crippen molar-refractivity contribution in [2.45, 2.75) is 83.8 Å². The Balaban J connectivity index is 1.92. The zero-order valence-corrected chi connectivity index (χ0v) is 16.0. The number of rotatable bonds is 10. The molecule has 0 bridgehead atoms. The summed E-state index contributed by atoms with van der Waals surface area (Å²) in [5.41, 5.74) is 0.00772. The highest BCUT2D eigenvalue weighted by molar-refractivity contribution is 5.97. The van der Waals surface area contributed by atoms with Crippen LogP contribution in [-0.4, -0.2) is 24.2 Å². The Morgan fingerprint density at radius 3 is 2.44 bits per heavy atom. The molecule has 0 aromatic heterocycles. The smallest absolute Gasteiger partial charge is 0.256 e. The molecule has 4 heteroatoms. The summed E-state index contributed by atoms with van der Waals surface area (Å²) in [6, 6.07) is 7.67. The number of anilines is 1. The van der Waals surface area contributed by atoms with Crippen molar-refractivity contribution in [2.24, 2.45) is 0 Å². The highest BCUT2D eigenvalue weighted by Crippen LogP contribution is 2.26. The van der Waals surface area contributed by atoms with Gasteiger partial charge in [0, 0.05) is 12.3 Å². The number of ether oxygens (including phenoxy) is 2. The van der Waals surface area contributed by atoms with Crippen LogP contribution in [-0.2, 0) is 9.53 Å². The number of benzene rings is 1. The molecule has 1 fully saturated rings. The van der Waals surface area contributed by atoms with Gasteiger partial charge >= 0.3 is 0 Å². The fourth-order valence-electron chi connectivity index (χ4n) is 3.36. The molecule has 0 heterocycles. The van der Waals surface area contributed by atoms with Crippen LogP contribution >= 0.6 is 0 Å². The minimum atomic E-state index is -0.775. The van der Waals surface area contributed by atoms with E-state index in [0.29, 0.717) is 12.7 Å². The largest absolute Gasteiger partial charge is 0.490 e. The van der Waals surface area contributed by atoms with Crippen LogP contribution in [0.1, 0.15) is 72.1 Å². The highest BCUT2D eigenvalue weighted by atomic mass is 16.5. The van der Waals surface area contributed by atoms with E-state index in [9.17, 15) is 4.79 Å². The second-order valence-corrected chi connectivity index (χ2v) is 7.12. The molecule has 1 saturated carbocycles. The molecule has 1 aliphatic rings. The van der Waals surface area contributed by atoms with Gasteiger partial charge in [-0.15, -0.1) is 0 Å². The standard InChI is InChI=1S/C21H33NO3/c1-4-6-9-16-21(3,24-5-2)20(23)22-17-12-14-19(15-13-17)25-18-10-7-8-11-18/h12-15,18H,4-11,16H2,1-3H3,(H,22,23)/t21-/m1/s1. The minimum Gasteiger partial charge on any atom is -0.490 e. The first-order chi connectivity index (χ1) is 12.1. The lowest BCUT2D eigenvalue weighted by Crippen LogP contribution is -2.42. The first kappa shape index (κ1) is 19.8. The van der Waals surface area contributed by atoms with E-state index in [2.05, 4.69) is 12.2 Å². The fourth-order valence-corrected chi connectivity index (χ4v) is 3.36. The second-order valence-electron chi connectivity index (χ2n) is 7.12. The monoisotopic (exact) mass is 347 g/mol. The van der Waals surface area contributed by atoms with Crippen molar-refractivity contribution in [2.75, 3.05) is 11.9 Å². The lowest BCUT2D eigenvalue weighted by Gasteiger charge is -2.28. The van der Waals surface area contributed by atoms with E-state index in [0.717, 1.165) is 50.0 Å². The van der Waals surface area contributed by atoms with Gasteiger partial charge in [0.05, 0.1) is 6.10 Å². The average molecular weight is 347 g/mol. The van der Waals surface area contributed by atoms with Crippen molar-refractivity contribution in [3.8, 4) is 5.75 Å². The molecule has 0 radical (unpaired) electrons. The van der Waals surface area contributed by atoms with Gasteiger partial charge in [0.25, 0.3) is 5.91 Å². The summed E-state index contributed by atoms with van der Waals surface area (Å²) in [6.45, 7) is 6.51. The van der Waals surface area contributed by atoms with Gasteiger partial charge < -0.3 is 14.8 Å². The van der Waals surface area contributed by atoms with Crippen LogP contribution in [0.15, 0.2) is 24.3 Å². The number of nitrogens with one attached hydrogen (secondary N) is 1. The minimum absolute atomic E-state index is 0.0742. The molecule has 1 atom stereocenters. The highest BCUT2D eigenvalue weighted by Gasteiger charge is 2.33. The number of hydrogen-bond acceptors (Lipinski definition) is 3. The summed E-state index contributed by atoms with van der Waals surface area (Å²) < 4.78 is 11.8. The third kappa shape index (κ3) is 6.03. The summed E-state index contributed by atoms with van der Waals surface area (Å²) in [5.74, 6) is 0.801. The maximum absolute atomic E-state index is 12.7. The Hall–Kier alpha value is -1.55. The van der Waals surface area contributed by atoms with Gasteiger partial charge in [0.2, 0.25) is 0 Å². The van der Waals surface area contributed by atoms with Crippen molar-refractivity contribution >= 4 is 11.6 Å². The van der Waals surface area contributed by atoms with Crippen LogP contribution in [0.5, 0.6) is 5.75 Å². The molecule has 0 spiro atoms. The van der Waals surface area contributed by atoms with Crippen molar-refractivity contribution in [1.82, 2.24) is 0 Å². The van der Waals surface area contributed by atoms with E-state index >= 15 is 0 Å². The van der Waals surface area contributed by atoms with Gasteiger partial charge in [-0.1, -0.05) is 26.2 Å². The van der Waals surface area contributed by atoms with Crippen LogP contribution in [0.3, 0.4) is 0 Å². The van der Waals surface area contributed by atoms with Crippen LogP contribution in [0.25, 0.3) is 0 Å². The third-order valence-corrected chi connectivity index (χ3v) is 4.92. The zero-order chi connectivity index (χ0) is 18.1. The molecule has 4 nitrogen and oxygen atoms in total. The summed E-state index contributed by atoms with van der Waals surface area (Å²) in [6.07, 6.45) is 9.12. The van der Waals surface area contributed by atoms with Crippen LogP contribution < -0.4 is 10.1 Å². The van der Waals surface area contributed by atoms with Crippen molar-refractivity contribution in [1.29, 1.82) is 0 Å². The van der Waals surface area contributed by atoms with E-state index in [1.54, 1.807) is 0 Å². The molecule has 140 valence electrons. The molecule has 1 aromatic rings. The molecule has 1 N–H and O–H groups in total. The SMILES string of the molecule is CCCCC[C@@](C)(OCC)C(=O)Nc1ccc(OC2CCCC2)cc1. The Morgan fingerprint density at radius 1 is 1.16 bits per heavy atom. The Bertz CT molecular complexity index is 522. The molecule has 1 amide bonds. The quantitative estimate of drug-likeness (QED) is 0.583. The summed E-state index contributed by atoms with van der Waals surface area (Å²) in [5, 5.41) is 3.00. The van der Waals surface area contributed by atoms with Gasteiger partial charge in [0.15, 0.2) is 0 Å². The lowest BCUT2D eigenvalue weighted by atomic mass is 9.96. The summed E-state index contributed by atoms with van der Waals surface area (Å²) >= 11 is 0. The molecule has 25 heavy (non-hydrogen) atoms. The topological polar surface area (TPSA) is 47.6 Å². The first-order valence-electron chi connectivity index (χ1n) is 9.79. The van der Waals surface area contributed by atoms with Crippen molar-refractivity contribution in [3.63, 3.8) is 0 Å². The third-order valence-electron chi connectivity index (χ3n) is 4.92. The molecular formula is C21H33NO3. The molecular weight excluding hydrogens is 314 g/mol. The first-order valence-corrected chi connectivity index (χ1v) is 9.79. The van der Waals surface area contributed by atoms with E-state index in [4.69, 9.17) is 9.47 Å². The predicted octanol–water partition coefficient (Wildman–Crippen LogP) is 5.32. The number of carbonyl (C=O) groups is 1. The maximum atomic E-state index is 12.7. The van der Waals surface area contributed by atoms with Gasteiger partial charge in [0.1, 0.15) is 11.4 Å². The molecule has 2 rings (SSSR count). The van der Waals surface area contributed by atoms with E-state index < -0.39 is 5.60 Å². The lowest BCUT2D eigenvalue weighted by molar-refractivity contribution is -0.139. The number of hydrogen-bond donors (Lipinski definition) is 1. The van der Waals surface area contributed by atoms with Crippen molar-refractivity contribution < 1.29 is 14.3 Å². The molecule has 1 aromatic carbocycles. The van der Waals surface area contributed by atoms with Crippen molar-refractivity contribution in [3.05, 3.63) is 24.3 Å². The van der Waals surface area contributed by atoms with Gasteiger partial charge in [-0.05, 0) is 70.2 Å². The molecule has 0 aliphatic heterocycles. The second kappa shape index (κ2) is 9.81. The van der Waals surface area contributed by atoms with Crippen LogP contribution in [0, 0.1) is 0 Å². The number of carbonyl (C=O) groups excluding carboxylic acids is 1. The summed E-state index contributed by atoms with van der Waals surface area (Å²) in [7, 11) is 0. The summed E-state index contributed by atoms with van der Waals surface area (Å²) in [4.78, 5) is 12.7. The number of unbranched alkanes of at least 4 members (excludes halogenated alkanes) is 2. The molecule has 1 aliphatic carbocycles. The van der Waals surface area contributed by atoms with Gasteiger partial charge in [-0.3, -0.25) is 4.79 Å². The average Bonchev–Trinajstić information content (AvgIpc) is 3.10. The van der Waals surface area contributed by atoms with Gasteiger partial charge in [-0.25, -0.2) is 0 Å². The Kier molecular flexibility index (Phi) is 7.76. The maximum Gasteiger partial charge on any atom is 0.256 e. The fraction of sp³-hybridized carbons (Fsp3) is 0.667. The van der Waals surface area contributed by atoms with Crippen LogP contribution in [0.2, 0.25) is 0 Å². The van der Waals surface area contributed by atoms with Gasteiger partial charge in [-0.2, -0.15) is 0 Å². The van der Waals surface area contributed by atoms with E-state index in [1.165, 1.54) is 12.8 Å². The normalized spacial score (nSPS) is 17.2. The zero-order valence-electron chi connectivity index (χ0n) is 16.0. The Morgan fingerprint density at radius 2 is 1.84 bits per heavy atom. The molecule has 0 saturated heterocycles. The predicted molar refractivity (Wildman–Crippen MR) is 102 cm³/mol. The van der Waals surface area contributed by atoms with Crippen LogP contribution in [0.4, 0.5) is 5.69 Å². The van der Waals surface area contributed by atoms with E-state index in [-0.39, 0.29) is 5.91 Å². The molecule has 0 unspecified atom stereocenters.